The third-order valence-electron chi connectivity index (χ3n) is 3.02. The highest BCUT2D eigenvalue weighted by Crippen LogP contribution is 2.24. The van der Waals surface area contributed by atoms with Crippen molar-refractivity contribution in [3.63, 3.8) is 0 Å². The molecular formula is C12H13ClN2O4. The Morgan fingerprint density at radius 2 is 2.32 bits per heavy atom. The molecule has 1 fully saturated rings. The third-order valence-corrected chi connectivity index (χ3v) is 3.32. The van der Waals surface area contributed by atoms with Crippen LogP contribution in [0, 0.1) is 0 Å². The summed E-state index contributed by atoms with van der Waals surface area (Å²) in [6.45, 7) is 0.0806. The van der Waals surface area contributed by atoms with Crippen LogP contribution in [0.2, 0.25) is 5.02 Å². The SMILES string of the molecule is COC(=O)C1CC(O)CN1C(=O)c1ccncc1Cl. The van der Waals surface area contributed by atoms with Crippen LogP contribution in [0.4, 0.5) is 0 Å². The van der Waals surface area contributed by atoms with Crippen molar-refractivity contribution in [3.8, 4) is 0 Å². The number of halogens is 1. The van der Waals surface area contributed by atoms with Gasteiger partial charge in [-0.3, -0.25) is 9.78 Å². The minimum absolute atomic E-state index is 0.0806. The Balaban J connectivity index is 2.27. The van der Waals surface area contributed by atoms with E-state index in [0.717, 1.165) is 0 Å². The van der Waals surface area contributed by atoms with E-state index in [4.69, 9.17) is 11.6 Å². The number of hydrogen-bond acceptors (Lipinski definition) is 5. The highest BCUT2D eigenvalue weighted by Gasteiger charge is 2.40. The lowest BCUT2D eigenvalue weighted by Crippen LogP contribution is -2.41. The fourth-order valence-corrected chi connectivity index (χ4v) is 2.30. The molecule has 1 amide bonds. The fraction of sp³-hybridized carbons (Fsp3) is 0.417. The summed E-state index contributed by atoms with van der Waals surface area (Å²) >= 11 is 5.91. The van der Waals surface area contributed by atoms with Crippen molar-refractivity contribution in [2.24, 2.45) is 0 Å². The molecule has 0 spiro atoms. The first-order chi connectivity index (χ1) is 9.04. The number of nitrogens with zero attached hydrogens (tertiary/aromatic N) is 2. The Kier molecular flexibility index (Phi) is 4.01. The minimum Gasteiger partial charge on any atom is -0.467 e. The van der Waals surface area contributed by atoms with Crippen LogP contribution in [-0.2, 0) is 9.53 Å². The molecular weight excluding hydrogens is 272 g/mol. The van der Waals surface area contributed by atoms with Crippen LogP contribution in [-0.4, -0.2) is 52.7 Å². The molecule has 2 rings (SSSR count). The van der Waals surface area contributed by atoms with E-state index in [9.17, 15) is 14.7 Å². The van der Waals surface area contributed by atoms with E-state index in [-0.39, 0.29) is 23.6 Å². The number of β-amino-alcohol motifs (C(OH)–C–C–N with tert-alkyl or cyclic N) is 1. The Bertz CT molecular complexity index is 508. The number of hydrogen-bond donors (Lipinski definition) is 1. The summed E-state index contributed by atoms with van der Waals surface area (Å²) in [5, 5.41) is 9.84. The number of methoxy groups -OCH3 is 1. The number of aromatic nitrogens is 1. The maximum Gasteiger partial charge on any atom is 0.328 e. The quantitative estimate of drug-likeness (QED) is 0.799. The van der Waals surface area contributed by atoms with Crippen molar-refractivity contribution in [2.75, 3.05) is 13.7 Å². The second-order valence-corrected chi connectivity index (χ2v) is 4.65. The first-order valence-corrected chi connectivity index (χ1v) is 6.08. The van der Waals surface area contributed by atoms with Gasteiger partial charge >= 0.3 is 5.97 Å². The van der Waals surface area contributed by atoms with Crippen molar-refractivity contribution in [3.05, 3.63) is 29.0 Å². The van der Waals surface area contributed by atoms with Gasteiger partial charge in [0.25, 0.3) is 5.91 Å². The monoisotopic (exact) mass is 284 g/mol. The smallest absolute Gasteiger partial charge is 0.328 e. The largest absolute Gasteiger partial charge is 0.467 e. The fourth-order valence-electron chi connectivity index (χ4n) is 2.10. The lowest BCUT2D eigenvalue weighted by Gasteiger charge is -2.22. The molecule has 7 heteroatoms. The molecule has 1 aromatic rings. The van der Waals surface area contributed by atoms with Crippen molar-refractivity contribution in [2.45, 2.75) is 18.6 Å². The molecule has 0 radical (unpaired) electrons. The first-order valence-electron chi connectivity index (χ1n) is 5.71. The van der Waals surface area contributed by atoms with Crippen LogP contribution < -0.4 is 0 Å². The van der Waals surface area contributed by atoms with Gasteiger partial charge in [0.1, 0.15) is 6.04 Å². The highest BCUT2D eigenvalue weighted by atomic mass is 35.5. The molecule has 1 aliphatic heterocycles. The number of amides is 1. The predicted molar refractivity (Wildman–Crippen MR) is 66.7 cm³/mol. The van der Waals surface area contributed by atoms with Crippen LogP contribution in [0.25, 0.3) is 0 Å². The molecule has 19 heavy (non-hydrogen) atoms. The lowest BCUT2D eigenvalue weighted by molar-refractivity contribution is -0.145. The zero-order chi connectivity index (χ0) is 14.0. The van der Waals surface area contributed by atoms with E-state index >= 15 is 0 Å². The summed E-state index contributed by atoms with van der Waals surface area (Å²) in [6.07, 6.45) is 2.22. The van der Waals surface area contributed by atoms with Gasteiger partial charge in [0.2, 0.25) is 0 Å². The number of esters is 1. The molecule has 0 bridgehead atoms. The molecule has 2 unspecified atom stereocenters. The van der Waals surface area contributed by atoms with Gasteiger partial charge in [-0.05, 0) is 6.07 Å². The number of aliphatic hydroxyl groups is 1. The summed E-state index contributed by atoms with van der Waals surface area (Å²) in [5.41, 5.74) is 0.250. The van der Waals surface area contributed by atoms with Crippen molar-refractivity contribution < 1.29 is 19.4 Å². The van der Waals surface area contributed by atoms with Crippen LogP contribution in [0.1, 0.15) is 16.8 Å². The number of pyridine rings is 1. The molecule has 0 aliphatic carbocycles. The van der Waals surface area contributed by atoms with Gasteiger partial charge < -0.3 is 14.7 Å². The Morgan fingerprint density at radius 3 is 2.95 bits per heavy atom. The average molecular weight is 285 g/mol. The number of carbonyl (C=O) groups excluding carboxylic acids is 2. The number of likely N-dealkylation sites (tertiary alicyclic amines) is 1. The van der Waals surface area contributed by atoms with Crippen molar-refractivity contribution in [1.82, 2.24) is 9.88 Å². The number of carbonyl (C=O) groups is 2. The van der Waals surface area contributed by atoms with E-state index in [1.165, 1.54) is 30.5 Å². The molecule has 2 heterocycles. The standard InChI is InChI=1S/C12H13ClN2O4/c1-19-12(18)10-4-7(16)6-15(10)11(17)8-2-3-14-5-9(8)13/h2-3,5,7,10,16H,4,6H2,1H3. The van der Waals surface area contributed by atoms with Gasteiger partial charge in [0.15, 0.2) is 0 Å². The zero-order valence-corrected chi connectivity index (χ0v) is 11.0. The molecule has 2 atom stereocenters. The molecule has 6 nitrogen and oxygen atoms in total. The Labute approximate surface area is 114 Å². The Morgan fingerprint density at radius 1 is 1.58 bits per heavy atom. The molecule has 0 saturated carbocycles. The number of ether oxygens (including phenoxy) is 1. The number of rotatable bonds is 2. The van der Waals surface area contributed by atoms with E-state index in [1.54, 1.807) is 0 Å². The van der Waals surface area contributed by atoms with Crippen molar-refractivity contribution in [1.29, 1.82) is 0 Å². The molecule has 1 aromatic heterocycles. The summed E-state index contributed by atoms with van der Waals surface area (Å²) in [6, 6.07) is 0.695. The van der Waals surface area contributed by atoms with E-state index in [2.05, 4.69) is 9.72 Å². The van der Waals surface area contributed by atoms with Crippen LogP contribution >= 0.6 is 11.6 Å². The first kappa shape index (κ1) is 13.8. The lowest BCUT2D eigenvalue weighted by atomic mass is 10.2. The summed E-state index contributed by atoms with van der Waals surface area (Å²) < 4.78 is 4.64. The van der Waals surface area contributed by atoms with Gasteiger partial charge in [-0.15, -0.1) is 0 Å². The normalized spacial score (nSPS) is 22.4. The zero-order valence-electron chi connectivity index (χ0n) is 10.2. The summed E-state index contributed by atoms with van der Waals surface area (Å²) in [5.74, 6) is -0.963. The molecule has 1 N–H and O–H groups in total. The molecule has 0 aromatic carbocycles. The highest BCUT2D eigenvalue weighted by molar-refractivity contribution is 6.33. The second kappa shape index (κ2) is 5.54. The van der Waals surface area contributed by atoms with Crippen LogP contribution in [0.15, 0.2) is 18.5 Å². The second-order valence-electron chi connectivity index (χ2n) is 4.24. The topological polar surface area (TPSA) is 79.7 Å². The summed E-state index contributed by atoms with van der Waals surface area (Å²) in [4.78, 5) is 29.0. The van der Waals surface area contributed by atoms with Crippen LogP contribution in [0.5, 0.6) is 0 Å². The van der Waals surface area contributed by atoms with Gasteiger partial charge in [-0.1, -0.05) is 11.6 Å². The maximum absolute atomic E-state index is 12.3. The van der Waals surface area contributed by atoms with Gasteiger partial charge in [-0.2, -0.15) is 0 Å². The molecule has 102 valence electrons. The summed E-state index contributed by atoms with van der Waals surface area (Å²) in [7, 11) is 1.25. The minimum atomic E-state index is -0.781. The molecule has 1 aliphatic rings. The van der Waals surface area contributed by atoms with E-state index in [1.807, 2.05) is 0 Å². The Hall–Kier alpha value is -1.66. The van der Waals surface area contributed by atoms with Gasteiger partial charge in [-0.25, -0.2) is 4.79 Å². The third kappa shape index (κ3) is 2.69. The van der Waals surface area contributed by atoms with Gasteiger partial charge in [0, 0.05) is 25.4 Å². The predicted octanol–water partition coefficient (Wildman–Crippen LogP) is 0.483. The average Bonchev–Trinajstić information content (AvgIpc) is 2.79. The number of aliphatic hydroxyl groups excluding tert-OH is 1. The van der Waals surface area contributed by atoms with Crippen LogP contribution in [0.3, 0.4) is 0 Å². The maximum atomic E-state index is 12.3. The van der Waals surface area contributed by atoms with Gasteiger partial charge in [0.05, 0.1) is 23.8 Å². The molecule has 1 saturated heterocycles. The van der Waals surface area contributed by atoms with Crippen molar-refractivity contribution >= 4 is 23.5 Å². The van der Waals surface area contributed by atoms with E-state index in [0.29, 0.717) is 0 Å². The van der Waals surface area contributed by atoms with E-state index < -0.39 is 24.0 Å².